The molecule has 0 aliphatic heterocycles. The number of amides is 1. The van der Waals surface area contributed by atoms with E-state index in [9.17, 15) is 4.79 Å². The van der Waals surface area contributed by atoms with E-state index in [0.29, 0.717) is 6.42 Å². The number of thiazole rings is 1. The normalized spacial score (nSPS) is 12.4. The van der Waals surface area contributed by atoms with E-state index in [2.05, 4.69) is 27.4 Å². The molecule has 0 aromatic carbocycles. The van der Waals surface area contributed by atoms with Crippen molar-refractivity contribution in [2.24, 2.45) is 0 Å². The molecule has 0 saturated heterocycles. The van der Waals surface area contributed by atoms with Gasteiger partial charge in [0, 0.05) is 11.4 Å². The molecular formula is C14H21N5OS. The monoisotopic (exact) mass is 307 g/mol. The first-order valence-corrected chi connectivity index (χ1v) is 7.92. The van der Waals surface area contributed by atoms with E-state index in [1.807, 2.05) is 25.3 Å². The summed E-state index contributed by atoms with van der Waals surface area (Å²) in [5, 5.41) is 12.0. The molecule has 2 aromatic rings. The zero-order valence-electron chi connectivity index (χ0n) is 12.9. The van der Waals surface area contributed by atoms with Gasteiger partial charge in [0.05, 0.1) is 23.2 Å². The molecule has 2 rings (SSSR count). The van der Waals surface area contributed by atoms with Crippen LogP contribution < -0.4 is 5.32 Å². The highest BCUT2D eigenvalue weighted by molar-refractivity contribution is 7.11. The Morgan fingerprint density at radius 2 is 2.24 bits per heavy atom. The van der Waals surface area contributed by atoms with E-state index < -0.39 is 0 Å². The fourth-order valence-corrected chi connectivity index (χ4v) is 3.19. The van der Waals surface area contributed by atoms with Crippen molar-refractivity contribution in [3.05, 3.63) is 27.7 Å². The Balaban J connectivity index is 1.98. The van der Waals surface area contributed by atoms with Gasteiger partial charge in [-0.1, -0.05) is 6.92 Å². The Morgan fingerprint density at radius 3 is 2.86 bits per heavy atom. The van der Waals surface area contributed by atoms with Gasteiger partial charge < -0.3 is 9.88 Å². The summed E-state index contributed by atoms with van der Waals surface area (Å²) in [6.07, 6.45) is 3.08. The van der Waals surface area contributed by atoms with Crippen LogP contribution in [0.25, 0.3) is 0 Å². The summed E-state index contributed by atoms with van der Waals surface area (Å²) in [5.41, 5.74) is 0.939. The number of carbonyl (C=O) groups excluding carboxylic acids is 1. The van der Waals surface area contributed by atoms with Gasteiger partial charge in [0.25, 0.3) is 0 Å². The molecule has 1 N–H and O–H groups in total. The van der Waals surface area contributed by atoms with Crippen molar-refractivity contribution in [2.75, 3.05) is 0 Å². The summed E-state index contributed by atoms with van der Waals surface area (Å²) < 4.78 is 1.98. The minimum Gasteiger partial charge on any atom is -0.346 e. The second-order valence-electron chi connectivity index (χ2n) is 5.09. The molecule has 0 radical (unpaired) electrons. The average molecular weight is 307 g/mol. The van der Waals surface area contributed by atoms with Crippen molar-refractivity contribution in [1.29, 1.82) is 0 Å². The molecule has 0 aliphatic carbocycles. The van der Waals surface area contributed by atoms with Crippen LogP contribution in [0.2, 0.25) is 0 Å². The van der Waals surface area contributed by atoms with Gasteiger partial charge in [0.2, 0.25) is 5.91 Å². The first-order chi connectivity index (χ1) is 10.0. The highest BCUT2D eigenvalue weighted by Crippen LogP contribution is 2.18. The van der Waals surface area contributed by atoms with Gasteiger partial charge in [-0.05, 0) is 27.2 Å². The van der Waals surface area contributed by atoms with Gasteiger partial charge in [-0.25, -0.2) is 4.98 Å². The van der Waals surface area contributed by atoms with Gasteiger partial charge in [-0.2, -0.15) is 0 Å². The van der Waals surface area contributed by atoms with Crippen LogP contribution >= 0.6 is 11.3 Å². The smallest absolute Gasteiger partial charge is 0.225 e. The van der Waals surface area contributed by atoms with Gasteiger partial charge in [-0.15, -0.1) is 21.5 Å². The third kappa shape index (κ3) is 3.87. The number of nitrogens with zero attached hydrogens (tertiary/aromatic N) is 4. The second kappa shape index (κ2) is 6.80. The minimum atomic E-state index is -0.152. The number of nitrogens with one attached hydrogen (secondary N) is 1. The van der Waals surface area contributed by atoms with Crippen molar-refractivity contribution in [1.82, 2.24) is 25.1 Å². The Bertz CT molecular complexity index is 619. The van der Waals surface area contributed by atoms with Crippen LogP contribution in [0.15, 0.2) is 6.33 Å². The van der Waals surface area contributed by atoms with Gasteiger partial charge in [0.15, 0.2) is 5.82 Å². The molecule has 0 aliphatic rings. The molecule has 2 aromatic heterocycles. The first kappa shape index (κ1) is 15.6. The lowest BCUT2D eigenvalue weighted by Gasteiger charge is -2.14. The SMILES string of the molecule is CCCn1cnnc1[C@@H](C)NC(=O)Cc1sc(C)nc1C. The maximum Gasteiger partial charge on any atom is 0.225 e. The van der Waals surface area contributed by atoms with Crippen molar-refractivity contribution in [3.8, 4) is 0 Å². The molecule has 21 heavy (non-hydrogen) atoms. The lowest BCUT2D eigenvalue weighted by atomic mass is 10.2. The third-order valence-corrected chi connectivity index (χ3v) is 4.27. The number of hydrogen-bond acceptors (Lipinski definition) is 5. The largest absolute Gasteiger partial charge is 0.346 e. The molecule has 1 atom stereocenters. The predicted molar refractivity (Wildman–Crippen MR) is 82.2 cm³/mol. The second-order valence-corrected chi connectivity index (χ2v) is 6.38. The molecule has 0 saturated carbocycles. The van der Waals surface area contributed by atoms with Crippen LogP contribution in [0.1, 0.15) is 47.7 Å². The standard InChI is InChI=1S/C14H21N5OS/c1-5-6-19-8-15-18-14(19)10(3)17-13(20)7-12-9(2)16-11(4)21-12/h8,10H,5-7H2,1-4H3,(H,17,20)/t10-/m1/s1. The number of rotatable bonds is 6. The zero-order valence-corrected chi connectivity index (χ0v) is 13.7. The summed E-state index contributed by atoms with van der Waals surface area (Å²) in [6, 6.07) is -0.152. The van der Waals surface area contributed by atoms with E-state index in [0.717, 1.165) is 34.4 Å². The number of aromatic nitrogens is 4. The summed E-state index contributed by atoms with van der Waals surface area (Å²) >= 11 is 1.57. The summed E-state index contributed by atoms with van der Waals surface area (Å²) in [6.45, 7) is 8.78. The summed E-state index contributed by atoms with van der Waals surface area (Å²) in [7, 11) is 0. The highest BCUT2D eigenvalue weighted by Gasteiger charge is 2.17. The van der Waals surface area contributed by atoms with Crippen LogP contribution in [-0.2, 0) is 17.8 Å². The zero-order chi connectivity index (χ0) is 15.4. The van der Waals surface area contributed by atoms with Crippen LogP contribution in [0.5, 0.6) is 0 Å². The first-order valence-electron chi connectivity index (χ1n) is 7.11. The van der Waals surface area contributed by atoms with E-state index in [1.54, 1.807) is 17.7 Å². The van der Waals surface area contributed by atoms with E-state index in [1.165, 1.54) is 0 Å². The van der Waals surface area contributed by atoms with Crippen molar-refractivity contribution in [3.63, 3.8) is 0 Å². The van der Waals surface area contributed by atoms with Gasteiger partial charge >= 0.3 is 0 Å². The molecule has 7 heteroatoms. The Morgan fingerprint density at radius 1 is 1.48 bits per heavy atom. The molecule has 1 amide bonds. The summed E-state index contributed by atoms with van der Waals surface area (Å²) in [5.74, 6) is 0.780. The number of hydrogen-bond donors (Lipinski definition) is 1. The van der Waals surface area contributed by atoms with Crippen LogP contribution in [-0.4, -0.2) is 25.7 Å². The molecule has 0 fully saturated rings. The Hall–Kier alpha value is -1.76. The quantitative estimate of drug-likeness (QED) is 0.888. The maximum atomic E-state index is 12.2. The van der Waals surface area contributed by atoms with E-state index in [4.69, 9.17) is 0 Å². The van der Waals surface area contributed by atoms with E-state index >= 15 is 0 Å². The topological polar surface area (TPSA) is 72.7 Å². The fraction of sp³-hybridized carbons (Fsp3) is 0.571. The van der Waals surface area contributed by atoms with Crippen molar-refractivity contribution in [2.45, 2.75) is 53.1 Å². The van der Waals surface area contributed by atoms with Crippen LogP contribution in [0, 0.1) is 13.8 Å². The molecule has 6 nitrogen and oxygen atoms in total. The Kier molecular flexibility index (Phi) is 5.06. The van der Waals surface area contributed by atoms with Crippen molar-refractivity contribution < 1.29 is 4.79 Å². The van der Waals surface area contributed by atoms with E-state index in [-0.39, 0.29) is 11.9 Å². The lowest BCUT2D eigenvalue weighted by Crippen LogP contribution is -2.30. The predicted octanol–water partition coefficient (Wildman–Crippen LogP) is 2.18. The van der Waals surface area contributed by atoms with Crippen LogP contribution in [0.4, 0.5) is 0 Å². The minimum absolute atomic E-state index is 0.0136. The molecule has 0 bridgehead atoms. The van der Waals surface area contributed by atoms with Crippen LogP contribution in [0.3, 0.4) is 0 Å². The van der Waals surface area contributed by atoms with Gasteiger partial charge in [-0.3, -0.25) is 4.79 Å². The van der Waals surface area contributed by atoms with Crippen molar-refractivity contribution >= 4 is 17.2 Å². The number of carbonyl (C=O) groups is 1. The molecule has 114 valence electrons. The highest BCUT2D eigenvalue weighted by atomic mass is 32.1. The fourth-order valence-electron chi connectivity index (χ4n) is 2.25. The number of aryl methyl sites for hydroxylation is 3. The molecule has 0 spiro atoms. The third-order valence-electron chi connectivity index (χ3n) is 3.20. The molecular weight excluding hydrogens is 286 g/mol. The lowest BCUT2D eigenvalue weighted by molar-refractivity contribution is -0.121. The molecule has 0 unspecified atom stereocenters. The average Bonchev–Trinajstić information content (AvgIpc) is 2.97. The molecule has 2 heterocycles. The maximum absolute atomic E-state index is 12.2. The Labute approximate surface area is 128 Å². The van der Waals surface area contributed by atoms with Gasteiger partial charge in [0.1, 0.15) is 6.33 Å². The summed E-state index contributed by atoms with van der Waals surface area (Å²) in [4.78, 5) is 17.5.